The maximum Gasteiger partial charge on any atom is 0.407 e. The minimum absolute atomic E-state index is 0.0704. The number of ether oxygens (including phenoxy) is 2. The lowest BCUT2D eigenvalue weighted by atomic mass is 10.1. The van der Waals surface area contributed by atoms with Crippen molar-refractivity contribution in [1.29, 1.82) is 0 Å². The van der Waals surface area contributed by atoms with Crippen LogP contribution < -0.4 is 15.4 Å². The van der Waals surface area contributed by atoms with Crippen LogP contribution in [0.3, 0.4) is 0 Å². The Labute approximate surface area is 271 Å². The fraction of sp³-hybridized carbons (Fsp3) is 0.265. The molecule has 1 fully saturated rings. The standard InChI is InChI=1S/C34H35N7O4S/c42-33-35-17-18-40(33)19-20-44-31-21-28(14-15-29(31)32-37-30(24-46-32)26-11-5-2-6-12-26)41-22-27(38-39-41)13-7-8-16-36-34(43)45-23-25-9-3-1-4-10-25/h1-6,9-12,14-15,21-22,24H,7-8,13,16-20,23H2,(H,35,42)(H,36,43). The van der Waals surface area contributed by atoms with E-state index in [0.717, 1.165) is 58.0 Å². The summed E-state index contributed by atoms with van der Waals surface area (Å²) in [6.45, 7) is 2.90. The molecule has 0 aliphatic carbocycles. The molecule has 0 spiro atoms. The number of hydrogen-bond donors (Lipinski definition) is 2. The van der Waals surface area contributed by atoms with Crippen molar-refractivity contribution in [2.45, 2.75) is 25.9 Å². The maximum atomic E-state index is 12.0. The molecule has 3 heterocycles. The maximum absolute atomic E-state index is 12.0. The summed E-state index contributed by atoms with van der Waals surface area (Å²) in [6.07, 6.45) is 3.83. The van der Waals surface area contributed by atoms with Gasteiger partial charge in [-0.05, 0) is 37.0 Å². The molecular formula is C34H35N7O4S. The number of nitrogens with one attached hydrogen (secondary N) is 2. The summed E-state index contributed by atoms with van der Waals surface area (Å²) < 4.78 is 13.3. The lowest BCUT2D eigenvalue weighted by Crippen LogP contribution is -2.31. The molecule has 3 amide bonds. The summed E-state index contributed by atoms with van der Waals surface area (Å²) in [7, 11) is 0. The lowest BCUT2D eigenvalue weighted by Gasteiger charge is -2.16. The molecule has 1 aliphatic heterocycles. The minimum atomic E-state index is -0.422. The molecule has 0 bridgehead atoms. The zero-order valence-corrected chi connectivity index (χ0v) is 26.1. The summed E-state index contributed by atoms with van der Waals surface area (Å²) in [5.41, 5.74) is 5.44. The predicted molar refractivity (Wildman–Crippen MR) is 176 cm³/mol. The number of nitrogens with zero attached hydrogens (tertiary/aromatic N) is 5. The number of amides is 3. The van der Waals surface area contributed by atoms with Crippen molar-refractivity contribution in [3.05, 3.63) is 102 Å². The average Bonchev–Trinajstić information content (AvgIpc) is 3.87. The van der Waals surface area contributed by atoms with E-state index in [1.165, 1.54) is 0 Å². The van der Waals surface area contributed by atoms with Crippen LogP contribution in [0.2, 0.25) is 0 Å². The van der Waals surface area contributed by atoms with E-state index in [9.17, 15) is 9.59 Å². The molecule has 1 saturated heterocycles. The Kier molecular flexibility index (Phi) is 10.2. The van der Waals surface area contributed by atoms with E-state index in [1.54, 1.807) is 20.9 Å². The summed E-state index contributed by atoms with van der Waals surface area (Å²) in [5.74, 6) is 0.661. The van der Waals surface area contributed by atoms with E-state index in [0.29, 0.717) is 38.5 Å². The average molecular weight is 638 g/mol. The van der Waals surface area contributed by atoms with Gasteiger partial charge < -0.3 is 25.0 Å². The van der Waals surface area contributed by atoms with Crippen molar-refractivity contribution in [3.8, 4) is 33.3 Å². The van der Waals surface area contributed by atoms with E-state index in [4.69, 9.17) is 14.5 Å². The second kappa shape index (κ2) is 15.2. The van der Waals surface area contributed by atoms with Crippen molar-refractivity contribution in [2.75, 3.05) is 32.8 Å². The Bertz CT molecular complexity index is 1740. The monoisotopic (exact) mass is 637 g/mol. The van der Waals surface area contributed by atoms with Crippen molar-refractivity contribution < 1.29 is 19.1 Å². The van der Waals surface area contributed by atoms with E-state index in [2.05, 4.69) is 20.9 Å². The Morgan fingerprint density at radius 3 is 2.65 bits per heavy atom. The minimum Gasteiger partial charge on any atom is -0.491 e. The van der Waals surface area contributed by atoms with Gasteiger partial charge in [0.15, 0.2) is 0 Å². The number of aromatic nitrogens is 4. The molecule has 5 aromatic rings. The van der Waals surface area contributed by atoms with E-state index < -0.39 is 6.09 Å². The number of carbonyl (C=O) groups is 2. The third kappa shape index (κ3) is 8.07. The molecule has 0 radical (unpaired) electrons. The van der Waals surface area contributed by atoms with Crippen LogP contribution >= 0.6 is 11.3 Å². The van der Waals surface area contributed by atoms with Crippen LogP contribution in [0.4, 0.5) is 9.59 Å². The Balaban J connectivity index is 1.06. The first-order valence-corrected chi connectivity index (χ1v) is 16.2. The fourth-order valence-electron chi connectivity index (χ4n) is 5.01. The van der Waals surface area contributed by atoms with Gasteiger partial charge in [-0.2, -0.15) is 0 Å². The van der Waals surface area contributed by atoms with Gasteiger partial charge >= 0.3 is 12.1 Å². The number of unbranched alkanes of at least 4 members (excludes halogenated alkanes) is 1. The fourth-order valence-corrected chi connectivity index (χ4v) is 5.87. The number of thiazole rings is 1. The SMILES string of the molecule is O=C(NCCCCc1cn(-c2ccc(-c3nc(-c4ccccc4)cs3)c(OCCN3CCNC3=O)c2)nn1)OCc1ccccc1. The summed E-state index contributed by atoms with van der Waals surface area (Å²) in [5, 5.41) is 17.2. The highest BCUT2D eigenvalue weighted by Gasteiger charge is 2.20. The number of carbonyl (C=O) groups excluding carboxylic acids is 2. The topological polar surface area (TPSA) is 124 Å². The molecule has 2 N–H and O–H groups in total. The molecule has 6 rings (SSSR count). The summed E-state index contributed by atoms with van der Waals surface area (Å²) in [6, 6.07) is 25.5. The molecule has 1 aliphatic rings. The normalized spacial score (nSPS) is 12.6. The van der Waals surface area contributed by atoms with Gasteiger partial charge in [-0.1, -0.05) is 65.9 Å². The summed E-state index contributed by atoms with van der Waals surface area (Å²) >= 11 is 1.56. The molecule has 2 aromatic heterocycles. The van der Waals surface area contributed by atoms with Gasteiger partial charge in [0.25, 0.3) is 0 Å². The van der Waals surface area contributed by atoms with Gasteiger partial charge in [-0.25, -0.2) is 19.3 Å². The molecule has 0 atom stereocenters. The van der Waals surface area contributed by atoms with Crippen LogP contribution in [0.25, 0.3) is 27.5 Å². The number of urea groups is 1. The van der Waals surface area contributed by atoms with Crippen molar-refractivity contribution >= 4 is 23.5 Å². The number of rotatable bonds is 14. The highest BCUT2D eigenvalue weighted by molar-refractivity contribution is 7.13. The first kappa shape index (κ1) is 30.8. The van der Waals surface area contributed by atoms with Crippen LogP contribution in [-0.4, -0.2) is 69.8 Å². The van der Waals surface area contributed by atoms with Gasteiger partial charge in [-0.15, -0.1) is 16.4 Å². The van der Waals surface area contributed by atoms with Gasteiger partial charge in [0.1, 0.15) is 24.0 Å². The van der Waals surface area contributed by atoms with Gasteiger partial charge in [0.2, 0.25) is 0 Å². The van der Waals surface area contributed by atoms with Crippen molar-refractivity contribution in [1.82, 2.24) is 35.5 Å². The van der Waals surface area contributed by atoms with Crippen molar-refractivity contribution in [2.24, 2.45) is 0 Å². The molecule has 0 unspecified atom stereocenters. The van der Waals surface area contributed by atoms with E-state index in [1.807, 2.05) is 90.4 Å². The van der Waals surface area contributed by atoms with Crippen LogP contribution in [-0.2, 0) is 17.8 Å². The first-order chi connectivity index (χ1) is 22.6. The third-order valence-electron chi connectivity index (χ3n) is 7.48. The highest BCUT2D eigenvalue weighted by atomic mass is 32.1. The number of benzene rings is 3. The largest absolute Gasteiger partial charge is 0.491 e. The number of alkyl carbamates (subject to hydrolysis) is 1. The quantitative estimate of drug-likeness (QED) is 0.150. The van der Waals surface area contributed by atoms with Gasteiger partial charge in [-0.3, -0.25) is 0 Å². The molecule has 3 aromatic carbocycles. The number of hydrogen-bond acceptors (Lipinski definition) is 8. The summed E-state index contributed by atoms with van der Waals surface area (Å²) in [4.78, 5) is 30.6. The predicted octanol–water partition coefficient (Wildman–Crippen LogP) is 5.71. The molecule has 46 heavy (non-hydrogen) atoms. The van der Waals surface area contributed by atoms with Gasteiger partial charge in [0, 0.05) is 36.6 Å². The Morgan fingerprint density at radius 2 is 1.85 bits per heavy atom. The van der Waals surface area contributed by atoms with Crippen LogP contribution in [0.15, 0.2) is 90.4 Å². The third-order valence-corrected chi connectivity index (χ3v) is 8.36. The van der Waals surface area contributed by atoms with Crippen LogP contribution in [0.1, 0.15) is 24.1 Å². The molecule has 11 nitrogen and oxygen atoms in total. The second-order valence-corrected chi connectivity index (χ2v) is 11.6. The van der Waals surface area contributed by atoms with Gasteiger partial charge in [0.05, 0.1) is 35.4 Å². The molecule has 236 valence electrons. The molecule has 12 heteroatoms. The zero-order chi connectivity index (χ0) is 31.6. The van der Waals surface area contributed by atoms with Crippen molar-refractivity contribution in [3.63, 3.8) is 0 Å². The van der Waals surface area contributed by atoms with E-state index >= 15 is 0 Å². The first-order valence-electron chi connectivity index (χ1n) is 15.3. The lowest BCUT2D eigenvalue weighted by molar-refractivity contribution is 0.139. The highest BCUT2D eigenvalue weighted by Crippen LogP contribution is 2.36. The van der Waals surface area contributed by atoms with Crippen LogP contribution in [0, 0.1) is 0 Å². The smallest absolute Gasteiger partial charge is 0.407 e. The molecular weight excluding hydrogens is 602 g/mol. The Morgan fingerprint density at radius 1 is 1.02 bits per heavy atom. The zero-order valence-electron chi connectivity index (χ0n) is 25.3. The Hall–Kier alpha value is -5.23. The van der Waals surface area contributed by atoms with Crippen LogP contribution in [0.5, 0.6) is 5.75 Å². The molecule has 0 saturated carbocycles. The second-order valence-electron chi connectivity index (χ2n) is 10.8. The van der Waals surface area contributed by atoms with E-state index in [-0.39, 0.29) is 12.6 Å². The number of aryl methyl sites for hydroxylation is 1.